The highest BCUT2D eigenvalue weighted by atomic mass is 16.5. The largest absolute Gasteiger partial charge is 0.497 e. The first-order valence-electron chi connectivity index (χ1n) is 8.35. The van der Waals surface area contributed by atoms with E-state index in [1.54, 1.807) is 27.2 Å². The van der Waals surface area contributed by atoms with Gasteiger partial charge in [0.15, 0.2) is 0 Å². The molecule has 1 heterocycles. The number of nitrogen functional groups attached to an aromatic ring is 1. The van der Waals surface area contributed by atoms with Crippen molar-refractivity contribution in [2.75, 3.05) is 33.1 Å². The van der Waals surface area contributed by atoms with Crippen molar-refractivity contribution in [2.45, 2.75) is 13.3 Å². The molecule has 27 heavy (non-hydrogen) atoms. The maximum Gasteiger partial charge on any atom is 0.270 e. The molecular formula is C19H22N4O4. The molecule has 2 aromatic rings. The van der Waals surface area contributed by atoms with Crippen molar-refractivity contribution >= 4 is 11.6 Å². The molecule has 1 amide bonds. The summed E-state index contributed by atoms with van der Waals surface area (Å²) >= 11 is 0. The number of benzene rings is 1. The van der Waals surface area contributed by atoms with Crippen LogP contribution in [-0.2, 0) is 6.42 Å². The summed E-state index contributed by atoms with van der Waals surface area (Å²) in [6, 6.07) is 8.83. The number of hydrogen-bond donors (Lipinski definition) is 2. The third-order valence-electron chi connectivity index (χ3n) is 3.75. The number of rotatable bonds is 8. The maximum atomic E-state index is 12.4. The molecule has 1 aromatic heterocycles. The highest BCUT2D eigenvalue weighted by Crippen LogP contribution is 2.23. The Hall–Kier alpha value is -3.47. The van der Waals surface area contributed by atoms with Crippen LogP contribution in [0.1, 0.15) is 28.5 Å². The van der Waals surface area contributed by atoms with Gasteiger partial charge in [-0.05, 0) is 37.1 Å². The Kier molecular flexibility index (Phi) is 6.83. The fraction of sp³-hybridized carbons (Fsp3) is 0.316. The summed E-state index contributed by atoms with van der Waals surface area (Å²) in [5.74, 6) is 1.02. The maximum absolute atomic E-state index is 12.4. The number of hydrogen-bond acceptors (Lipinski definition) is 7. The Balaban J connectivity index is 2.07. The normalized spacial score (nSPS) is 10.0. The molecule has 1 aromatic carbocycles. The number of aromatic nitrogens is 1. The number of nitriles is 1. The van der Waals surface area contributed by atoms with Crippen LogP contribution in [0.2, 0.25) is 0 Å². The second kappa shape index (κ2) is 9.29. The van der Waals surface area contributed by atoms with Crippen molar-refractivity contribution in [2.24, 2.45) is 0 Å². The van der Waals surface area contributed by atoms with Crippen molar-refractivity contribution in [3.8, 4) is 23.4 Å². The molecule has 0 saturated carbocycles. The van der Waals surface area contributed by atoms with Crippen LogP contribution in [0.4, 0.5) is 5.69 Å². The minimum absolute atomic E-state index is 0.0580. The van der Waals surface area contributed by atoms with Gasteiger partial charge in [0.05, 0.1) is 26.5 Å². The van der Waals surface area contributed by atoms with E-state index in [2.05, 4.69) is 10.3 Å². The van der Waals surface area contributed by atoms with E-state index in [1.807, 2.05) is 18.2 Å². The van der Waals surface area contributed by atoms with E-state index in [-0.39, 0.29) is 22.8 Å². The SMILES string of the molecule is CCOc1nc(C(=O)NCCc2cc(OC)cc(OC)c2)cc(N)c1C#N. The van der Waals surface area contributed by atoms with Gasteiger partial charge in [0, 0.05) is 12.6 Å². The number of ether oxygens (including phenoxy) is 3. The number of amides is 1. The average Bonchev–Trinajstić information content (AvgIpc) is 2.67. The molecule has 0 aliphatic heterocycles. The number of carbonyl (C=O) groups excluding carboxylic acids is 1. The van der Waals surface area contributed by atoms with Gasteiger partial charge in [-0.25, -0.2) is 4.98 Å². The molecule has 0 unspecified atom stereocenters. The minimum Gasteiger partial charge on any atom is -0.497 e. The zero-order valence-electron chi connectivity index (χ0n) is 15.5. The summed E-state index contributed by atoms with van der Waals surface area (Å²) in [6.07, 6.45) is 0.573. The third-order valence-corrected chi connectivity index (χ3v) is 3.75. The van der Waals surface area contributed by atoms with Gasteiger partial charge in [-0.3, -0.25) is 4.79 Å². The second-order valence-electron chi connectivity index (χ2n) is 5.55. The number of nitrogens with zero attached hydrogens (tertiary/aromatic N) is 2. The quantitative estimate of drug-likeness (QED) is 0.728. The van der Waals surface area contributed by atoms with Gasteiger partial charge in [0.2, 0.25) is 5.88 Å². The van der Waals surface area contributed by atoms with E-state index in [0.29, 0.717) is 31.1 Å². The zero-order chi connectivity index (χ0) is 19.8. The fourth-order valence-corrected chi connectivity index (χ4v) is 2.43. The Morgan fingerprint density at radius 3 is 2.44 bits per heavy atom. The number of carbonyl (C=O) groups is 1. The summed E-state index contributed by atoms with van der Waals surface area (Å²) in [4.78, 5) is 16.5. The molecule has 0 atom stereocenters. The molecular weight excluding hydrogens is 348 g/mol. The topological polar surface area (TPSA) is 119 Å². The number of nitrogens with two attached hydrogens (primary N) is 1. The average molecular weight is 370 g/mol. The van der Waals surface area contributed by atoms with Gasteiger partial charge < -0.3 is 25.3 Å². The highest BCUT2D eigenvalue weighted by Gasteiger charge is 2.16. The van der Waals surface area contributed by atoms with Gasteiger partial charge in [-0.2, -0.15) is 5.26 Å². The zero-order valence-corrected chi connectivity index (χ0v) is 15.5. The number of anilines is 1. The van der Waals surface area contributed by atoms with E-state index >= 15 is 0 Å². The number of methoxy groups -OCH3 is 2. The standard InChI is InChI=1S/C19H22N4O4/c1-4-27-19-15(11-20)16(21)10-17(23-19)18(24)22-6-5-12-7-13(25-2)9-14(8-12)26-3/h7-10H,4-6H2,1-3H3,(H2,21,23)(H,22,24). The monoisotopic (exact) mass is 370 g/mol. The minimum atomic E-state index is -0.401. The fourth-order valence-electron chi connectivity index (χ4n) is 2.43. The highest BCUT2D eigenvalue weighted by molar-refractivity contribution is 5.93. The molecule has 2 rings (SSSR count). The molecule has 8 heteroatoms. The summed E-state index contributed by atoms with van der Waals surface area (Å²) in [5.41, 5.74) is 7.16. The Morgan fingerprint density at radius 1 is 1.22 bits per heavy atom. The Bertz CT molecular complexity index is 839. The first-order chi connectivity index (χ1) is 13.0. The van der Waals surface area contributed by atoms with Crippen molar-refractivity contribution in [1.29, 1.82) is 5.26 Å². The van der Waals surface area contributed by atoms with E-state index in [9.17, 15) is 4.79 Å². The van der Waals surface area contributed by atoms with Crippen LogP contribution >= 0.6 is 0 Å². The molecule has 0 aliphatic carbocycles. The van der Waals surface area contributed by atoms with Crippen LogP contribution in [0, 0.1) is 11.3 Å². The molecule has 0 spiro atoms. The lowest BCUT2D eigenvalue weighted by Crippen LogP contribution is -2.27. The molecule has 142 valence electrons. The lowest BCUT2D eigenvalue weighted by molar-refractivity contribution is 0.0948. The molecule has 0 radical (unpaired) electrons. The molecule has 0 bridgehead atoms. The van der Waals surface area contributed by atoms with E-state index in [0.717, 1.165) is 5.56 Å². The molecule has 8 nitrogen and oxygen atoms in total. The second-order valence-corrected chi connectivity index (χ2v) is 5.55. The van der Waals surface area contributed by atoms with E-state index in [1.165, 1.54) is 6.07 Å². The van der Waals surface area contributed by atoms with Crippen LogP contribution in [0.15, 0.2) is 24.3 Å². The van der Waals surface area contributed by atoms with Crippen molar-refractivity contribution in [3.05, 3.63) is 41.1 Å². The number of pyridine rings is 1. The molecule has 3 N–H and O–H groups in total. The van der Waals surface area contributed by atoms with Crippen molar-refractivity contribution in [3.63, 3.8) is 0 Å². The van der Waals surface area contributed by atoms with Gasteiger partial charge in [0.25, 0.3) is 5.91 Å². The van der Waals surface area contributed by atoms with Crippen molar-refractivity contribution < 1.29 is 19.0 Å². The van der Waals surface area contributed by atoms with Crippen LogP contribution in [0.25, 0.3) is 0 Å². The van der Waals surface area contributed by atoms with Crippen LogP contribution in [0.5, 0.6) is 17.4 Å². The number of nitrogens with one attached hydrogen (secondary N) is 1. The Morgan fingerprint density at radius 2 is 1.89 bits per heavy atom. The molecule has 0 fully saturated rings. The van der Waals surface area contributed by atoms with Gasteiger partial charge >= 0.3 is 0 Å². The summed E-state index contributed by atoms with van der Waals surface area (Å²) < 4.78 is 15.8. The summed E-state index contributed by atoms with van der Waals surface area (Å²) in [6.45, 7) is 2.44. The Labute approximate surface area is 157 Å². The first-order valence-corrected chi connectivity index (χ1v) is 8.35. The lowest BCUT2D eigenvalue weighted by atomic mass is 10.1. The van der Waals surface area contributed by atoms with Gasteiger partial charge in [-0.15, -0.1) is 0 Å². The van der Waals surface area contributed by atoms with Crippen LogP contribution in [-0.4, -0.2) is 38.3 Å². The van der Waals surface area contributed by atoms with E-state index in [4.69, 9.17) is 25.2 Å². The van der Waals surface area contributed by atoms with Gasteiger partial charge in [-0.1, -0.05) is 0 Å². The third kappa shape index (κ3) is 5.01. The predicted octanol–water partition coefficient (Wildman–Crippen LogP) is 1.92. The first kappa shape index (κ1) is 19.8. The smallest absolute Gasteiger partial charge is 0.270 e. The van der Waals surface area contributed by atoms with Crippen molar-refractivity contribution in [1.82, 2.24) is 10.3 Å². The summed E-state index contributed by atoms with van der Waals surface area (Å²) in [7, 11) is 3.16. The van der Waals surface area contributed by atoms with E-state index < -0.39 is 5.91 Å². The lowest BCUT2D eigenvalue weighted by Gasteiger charge is -2.11. The molecule has 0 aliphatic rings. The predicted molar refractivity (Wildman–Crippen MR) is 100 cm³/mol. The summed E-state index contributed by atoms with van der Waals surface area (Å²) in [5, 5.41) is 11.9. The van der Waals surface area contributed by atoms with Crippen LogP contribution in [0.3, 0.4) is 0 Å². The van der Waals surface area contributed by atoms with Crippen LogP contribution < -0.4 is 25.3 Å². The molecule has 0 saturated heterocycles. The van der Waals surface area contributed by atoms with Gasteiger partial charge in [0.1, 0.15) is 28.8 Å².